The summed E-state index contributed by atoms with van der Waals surface area (Å²) in [6, 6.07) is 0. The maximum atomic E-state index is 6.15. The molecule has 2 aromatic heterocycles. The van der Waals surface area contributed by atoms with E-state index in [2.05, 4.69) is 28.2 Å². The number of imidazole rings is 1. The van der Waals surface area contributed by atoms with Crippen molar-refractivity contribution in [2.45, 2.75) is 12.8 Å². The van der Waals surface area contributed by atoms with Crippen LogP contribution in [-0.2, 0) is 0 Å². The molecule has 0 N–H and O–H groups in total. The Labute approximate surface area is 98.1 Å². The van der Waals surface area contributed by atoms with Crippen LogP contribution in [0.25, 0.3) is 11.4 Å². The number of aromatic nitrogens is 3. The van der Waals surface area contributed by atoms with Crippen LogP contribution in [0.1, 0.15) is 18.4 Å². The highest BCUT2D eigenvalue weighted by Crippen LogP contribution is 2.26. The second-order valence-electron chi connectivity index (χ2n) is 3.72. The minimum atomic E-state index is 0.511. The monoisotopic (exact) mass is 231 g/mol. The molecule has 0 fully saturated rings. The summed E-state index contributed by atoms with van der Waals surface area (Å²) in [6.07, 6.45) is 14.2. The molecule has 3 nitrogen and oxygen atoms in total. The van der Waals surface area contributed by atoms with E-state index in [0.29, 0.717) is 10.9 Å². The number of nitrogens with zero attached hydrogens (tertiary/aromatic N) is 3. The fourth-order valence-electron chi connectivity index (χ4n) is 1.84. The SMILES string of the molecule is Clc1nc2nccn2cc1C1=CCCC=C1. The van der Waals surface area contributed by atoms with Crippen LogP contribution in [0.3, 0.4) is 0 Å². The minimum Gasteiger partial charge on any atom is -0.290 e. The predicted molar refractivity (Wildman–Crippen MR) is 64.3 cm³/mol. The molecule has 2 aromatic rings. The van der Waals surface area contributed by atoms with E-state index in [1.165, 1.54) is 0 Å². The molecule has 0 bridgehead atoms. The van der Waals surface area contributed by atoms with Crippen LogP contribution in [0.2, 0.25) is 5.15 Å². The number of hydrogen-bond acceptors (Lipinski definition) is 2. The molecule has 3 rings (SSSR count). The summed E-state index contributed by atoms with van der Waals surface area (Å²) in [5.74, 6) is 0.633. The van der Waals surface area contributed by atoms with Crippen LogP contribution in [-0.4, -0.2) is 14.4 Å². The van der Waals surface area contributed by atoms with Gasteiger partial charge in [-0.05, 0) is 18.4 Å². The molecule has 0 spiro atoms. The fraction of sp³-hybridized carbons (Fsp3) is 0.167. The van der Waals surface area contributed by atoms with Crippen molar-refractivity contribution < 1.29 is 0 Å². The number of rotatable bonds is 1. The molecule has 0 saturated carbocycles. The minimum absolute atomic E-state index is 0.511. The van der Waals surface area contributed by atoms with Crippen molar-refractivity contribution in [2.75, 3.05) is 0 Å². The molecule has 0 aromatic carbocycles. The highest BCUT2D eigenvalue weighted by molar-refractivity contribution is 6.31. The first kappa shape index (κ1) is 9.60. The Morgan fingerprint density at radius 1 is 1.31 bits per heavy atom. The van der Waals surface area contributed by atoms with Gasteiger partial charge in [0.25, 0.3) is 0 Å². The molecule has 2 heterocycles. The molecular weight excluding hydrogens is 222 g/mol. The third-order valence-electron chi connectivity index (χ3n) is 2.64. The number of hydrogen-bond donors (Lipinski definition) is 0. The van der Waals surface area contributed by atoms with Crippen molar-refractivity contribution in [2.24, 2.45) is 0 Å². The van der Waals surface area contributed by atoms with Gasteiger partial charge in [0.2, 0.25) is 5.78 Å². The van der Waals surface area contributed by atoms with E-state index in [1.807, 2.05) is 16.8 Å². The van der Waals surface area contributed by atoms with Crippen molar-refractivity contribution in [1.29, 1.82) is 0 Å². The molecular formula is C12H10ClN3. The van der Waals surface area contributed by atoms with Crippen molar-refractivity contribution in [3.63, 3.8) is 0 Å². The summed E-state index contributed by atoms with van der Waals surface area (Å²) in [6.45, 7) is 0. The van der Waals surface area contributed by atoms with E-state index in [9.17, 15) is 0 Å². The summed E-state index contributed by atoms with van der Waals surface area (Å²) in [7, 11) is 0. The molecule has 0 atom stereocenters. The zero-order valence-electron chi connectivity index (χ0n) is 8.60. The lowest BCUT2D eigenvalue weighted by atomic mass is 10.0. The van der Waals surface area contributed by atoms with Crippen LogP contribution in [0.5, 0.6) is 0 Å². The second-order valence-corrected chi connectivity index (χ2v) is 4.08. The second kappa shape index (κ2) is 3.76. The number of allylic oxidation sites excluding steroid dienone is 4. The molecule has 0 aliphatic heterocycles. The molecule has 0 unspecified atom stereocenters. The van der Waals surface area contributed by atoms with Gasteiger partial charge in [-0.15, -0.1) is 0 Å². The van der Waals surface area contributed by atoms with Gasteiger partial charge < -0.3 is 0 Å². The number of halogens is 1. The quantitative estimate of drug-likeness (QED) is 0.706. The maximum absolute atomic E-state index is 6.15. The lowest BCUT2D eigenvalue weighted by Gasteiger charge is -2.08. The zero-order chi connectivity index (χ0) is 11.0. The summed E-state index contributed by atoms with van der Waals surface area (Å²) in [5.41, 5.74) is 2.10. The third-order valence-corrected chi connectivity index (χ3v) is 2.93. The molecule has 0 amide bonds. The van der Waals surface area contributed by atoms with Crippen molar-refractivity contribution in [3.05, 3.63) is 47.5 Å². The first-order valence-electron chi connectivity index (χ1n) is 5.21. The molecule has 80 valence electrons. The van der Waals surface area contributed by atoms with E-state index in [1.54, 1.807) is 6.20 Å². The average Bonchev–Trinajstić information content (AvgIpc) is 2.76. The van der Waals surface area contributed by atoms with Gasteiger partial charge in [-0.25, -0.2) is 4.98 Å². The van der Waals surface area contributed by atoms with Gasteiger partial charge >= 0.3 is 0 Å². The third kappa shape index (κ3) is 1.53. The van der Waals surface area contributed by atoms with Gasteiger partial charge in [0.05, 0.1) is 0 Å². The number of fused-ring (bicyclic) bond motifs is 1. The van der Waals surface area contributed by atoms with E-state index in [-0.39, 0.29) is 0 Å². The average molecular weight is 232 g/mol. The highest BCUT2D eigenvalue weighted by Gasteiger charge is 2.09. The van der Waals surface area contributed by atoms with E-state index in [0.717, 1.165) is 24.0 Å². The highest BCUT2D eigenvalue weighted by atomic mass is 35.5. The first-order valence-corrected chi connectivity index (χ1v) is 5.59. The smallest absolute Gasteiger partial charge is 0.235 e. The first-order chi connectivity index (χ1) is 7.84. The predicted octanol–water partition coefficient (Wildman–Crippen LogP) is 3.12. The van der Waals surface area contributed by atoms with E-state index >= 15 is 0 Å². The van der Waals surface area contributed by atoms with Crippen molar-refractivity contribution in [1.82, 2.24) is 14.4 Å². The largest absolute Gasteiger partial charge is 0.290 e. The Morgan fingerprint density at radius 3 is 3.06 bits per heavy atom. The summed E-state index contributed by atoms with van der Waals surface area (Å²) in [5, 5.41) is 0.511. The van der Waals surface area contributed by atoms with Crippen molar-refractivity contribution >= 4 is 23.0 Å². The normalized spacial score (nSPS) is 15.4. The maximum Gasteiger partial charge on any atom is 0.235 e. The lowest BCUT2D eigenvalue weighted by Crippen LogP contribution is -1.95. The Kier molecular flexibility index (Phi) is 2.26. The van der Waals surface area contributed by atoms with Crippen LogP contribution < -0.4 is 0 Å². The fourth-order valence-corrected chi connectivity index (χ4v) is 2.07. The molecule has 4 heteroatoms. The van der Waals surface area contributed by atoms with E-state index < -0.39 is 0 Å². The molecule has 0 radical (unpaired) electrons. The summed E-state index contributed by atoms with van der Waals surface area (Å²) < 4.78 is 1.88. The Balaban J connectivity index is 2.18. The van der Waals surface area contributed by atoms with Crippen LogP contribution in [0, 0.1) is 0 Å². The van der Waals surface area contributed by atoms with Gasteiger partial charge in [0.15, 0.2) is 0 Å². The van der Waals surface area contributed by atoms with Crippen molar-refractivity contribution in [3.8, 4) is 0 Å². The van der Waals surface area contributed by atoms with Gasteiger partial charge in [-0.2, -0.15) is 4.98 Å². The molecule has 1 aliphatic rings. The molecule has 1 aliphatic carbocycles. The van der Waals surface area contributed by atoms with Gasteiger partial charge in [-0.1, -0.05) is 29.8 Å². The van der Waals surface area contributed by atoms with Gasteiger partial charge in [-0.3, -0.25) is 4.40 Å². The van der Waals surface area contributed by atoms with Crippen LogP contribution in [0.4, 0.5) is 0 Å². The standard InChI is InChI=1S/C12H10ClN3/c13-11-10(9-4-2-1-3-5-9)8-16-7-6-14-12(16)15-11/h2,4-8H,1,3H2. The van der Waals surface area contributed by atoms with Gasteiger partial charge in [0.1, 0.15) is 5.15 Å². The Hall–Kier alpha value is -1.61. The molecule has 0 saturated heterocycles. The zero-order valence-corrected chi connectivity index (χ0v) is 9.35. The van der Waals surface area contributed by atoms with Crippen LogP contribution >= 0.6 is 11.6 Å². The Bertz CT molecular complexity index is 595. The lowest BCUT2D eigenvalue weighted by molar-refractivity contribution is 1.03. The Morgan fingerprint density at radius 2 is 2.25 bits per heavy atom. The topological polar surface area (TPSA) is 30.2 Å². The molecule has 16 heavy (non-hydrogen) atoms. The summed E-state index contributed by atoms with van der Waals surface area (Å²) in [4.78, 5) is 8.35. The van der Waals surface area contributed by atoms with Gasteiger partial charge in [0, 0.05) is 24.2 Å². The summed E-state index contributed by atoms with van der Waals surface area (Å²) >= 11 is 6.15. The van der Waals surface area contributed by atoms with Crippen LogP contribution in [0.15, 0.2) is 36.8 Å². The van der Waals surface area contributed by atoms with E-state index in [4.69, 9.17) is 11.6 Å².